The van der Waals surface area contributed by atoms with Gasteiger partial charge in [0.15, 0.2) is 11.5 Å². The molecule has 1 aliphatic heterocycles. The zero-order chi connectivity index (χ0) is 20.3. The molecular weight excluding hydrogens is 432 g/mol. The number of halogens is 1. The molecule has 2 aromatic rings. The van der Waals surface area contributed by atoms with Crippen LogP contribution in [-0.4, -0.2) is 36.5 Å². The first-order chi connectivity index (χ1) is 13.4. The number of hydrogen-bond acceptors (Lipinski definition) is 6. The third-order valence-corrected chi connectivity index (χ3v) is 4.52. The second-order valence-corrected chi connectivity index (χ2v) is 6.61. The maximum absolute atomic E-state index is 12.8. The van der Waals surface area contributed by atoms with E-state index in [1.807, 2.05) is 6.92 Å². The molecule has 8 nitrogen and oxygen atoms in total. The van der Waals surface area contributed by atoms with Crippen LogP contribution in [0.1, 0.15) is 18.2 Å². The molecule has 3 rings (SSSR count). The van der Waals surface area contributed by atoms with Crippen LogP contribution in [0, 0.1) is 0 Å². The number of ether oxygens (including phenoxy) is 2. The second-order valence-electron chi connectivity index (χ2n) is 5.76. The number of methoxy groups -OCH3 is 1. The Hall–Kier alpha value is -3.07. The van der Waals surface area contributed by atoms with E-state index in [-0.39, 0.29) is 12.1 Å². The SMILES string of the molecule is CCOc1cc(/C=C2\C(=O)NC(=O)N(Cc3ccco3)C2=O)cc(Br)c1OC. The molecular formula is C19H17BrN2O6. The quantitative estimate of drug-likeness (QED) is 0.538. The zero-order valence-corrected chi connectivity index (χ0v) is 16.7. The molecule has 0 bridgehead atoms. The average Bonchev–Trinajstić information content (AvgIpc) is 3.16. The van der Waals surface area contributed by atoms with E-state index in [4.69, 9.17) is 13.9 Å². The number of hydrogen-bond donors (Lipinski definition) is 1. The number of rotatable bonds is 6. The molecule has 1 aromatic heterocycles. The Morgan fingerprint density at radius 1 is 1.29 bits per heavy atom. The van der Waals surface area contributed by atoms with Crippen molar-refractivity contribution < 1.29 is 28.3 Å². The molecule has 0 atom stereocenters. The fourth-order valence-corrected chi connectivity index (χ4v) is 3.32. The summed E-state index contributed by atoms with van der Waals surface area (Å²) in [5.41, 5.74) is 0.354. The van der Waals surface area contributed by atoms with Crippen molar-refractivity contribution in [2.75, 3.05) is 13.7 Å². The van der Waals surface area contributed by atoms with Crippen molar-refractivity contribution in [3.05, 3.63) is 51.9 Å². The lowest BCUT2D eigenvalue weighted by Gasteiger charge is -2.25. The largest absolute Gasteiger partial charge is 0.492 e. The molecule has 0 unspecified atom stereocenters. The van der Waals surface area contributed by atoms with Gasteiger partial charge >= 0.3 is 6.03 Å². The van der Waals surface area contributed by atoms with Crippen molar-refractivity contribution in [1.29, 1.82) is 0 Å². The van der Waals surface area contributed by atoms with Crippen LogP contribution in [0.3, 0.4) is 0 Å². The predicted molar refractivity (Wildman–Crippen MR) is 103 cm³/mol. The highest BCUT2D eigenvalue weighted by molar-refractivity contribution is 9.10. The maximum Gasteiger partial charge on any atom is 0.331 e. The molecule has 1 saturated heterocycles. The Labute approximate surface area is 169 Å². The standard InChI is InChI=1S/C19H17BrN2O6/c1-3-27-15-9-11(8-14(20)16(15)26-2)7-13-17(23)21-19(25)22(18(13)24)10-12-5-4-6-28-12/h4-9H,3,10H2,1-2H3,(H,21,23,25)/b13-7+. The van der Waals surface area contributed by atoms with Gasteiger partial charge in [-0.1, -0.05) is 0 Å². The van der Waals surface area contributed by atoms with Crippen molar-refractivity contribution in [1.82, 2.24) is 10.2 Å². The molecule has 1 fully saturated rings. The van der Waals surface area contributed by atoms with E-state index in [2.05, 4.69) is 21.2 Å². The van der Waals surface area contributed by atoms with Crippen molar-refractivity contribution in [2.45, 2.75) is 13.5 Å². The molecule has 28 heavy (non-hydrogen) atoms. The summed E-state index contributed by atoms with van der Waals surface area (Å²) in [6.07, 6.45) is 2.83. The minimum atomic E-state index is -0.797. The number of nitrogens with zero attached hydrogens (tertiary/aromatic N) is 1. The minimum absolute atomic E-state index is 0.0845. The highest BCUT2D eigenvalue weighted by Crippen LogP contribution is 2.37. The van der Waals surface area contributed by atoms with Crippen molar-refractivity contribution in [2.24, 2.45) is 0 Å². The molecule has 2 heterocycles. The number of carbonyl (C=O) groups excluding carboxylic acids is 3. The van der Waals surface area contributed by atoms with Crippen LogP contribution in [0.5, 0.6) is 11.5 Å². The molecule has 146 valence electrons. The average molecular weight is 449 g/mol. The lowest BCUT2D eigenvalue weighted by atomic mass is 10.1. The van der Waals surface area contributed by atoms with Gasteiger partial charge in [0.1, 0.15) is 11.3 Å². The summed E-state index contributed by atoms with van der Waals surface area (Å²) < 4.78 is 16.6. The van der Waals surface area contributed by atoms with E-state index >= 15 is 0 Å². The fourth-order valence-electron chi connectivity index (χ4n) is 2.69. The lowest BCUT2D eigenvalue weighted by molar-refractivity contribution is -0.130. The normalized spacial score (nSPS) is 15.8. The Morgan fingerprint density at radius 3 is 2.71 bits per heavy atom. The molecule has 0 saturated carbocycles. The van der Waals surface area contributed by atoms with Gasteiger partial charge < -0.3 is 13.9 Å². The number of furan rings is 1. The molecule has 4 amide bonds. The highest BCUT2D eigenvalue weighted by atomic mass is 79.9. The Bertz CT molecular complexity index is 952. The molecule has 1 aliphatic rings. The summed E-state index contributed by atoms with van der Waals surface area (Å²) >= 11 is 3.39. The minimum Gasteiger partial charge on any atom is -0.492 e. The summed E-state index contributed by atoms with van der Waals surface area (Å²) in [6.45, 7) is 2.15. The lowest BCUT2D eigenvalue weighted by Crippen LogP contribution is -2.53. The molecule has 1 aromatic carbocycles. The van der Waals surface area contributed by atoms with E-state index in [0.717, 1.165) is 4.90 Å². The van der Waals surface area contributed by atoms with E-state index in [1.165, 1.54) is 19.4 Å². The van der Waals surface area contributed by atoms with Gasteiger partial charge in [0, 0.05) is 0 Å². The summed E-state index contributed by atoms with van der Waals surface area (Å²) in [4.78, 5) is 38.0. The number of imide groups is 2. The van der Waals surface area contributed by atoms with Crippen LogP contribution in [0.4, 0.5) is 4.79 Å². The zero-order valence-electron chi connectivity index (χ0n) is 15.2. The van der Waals surface area contributed by atoms with Gasteiger partial charge in [-0.15, -0.1) is 0 Å². The number of amides is 4. The van der Waals surface area contributed by atoms with Gasteiger partial charge in [-0.3, -0.25) is 19.8 Å². The molecule has 1 N–H and O–H groups in total. The summed E-state index contributed by atoms with van der Waals surface area (Å²) in [5, 5.41) is 2.17. The number of barbiturate groups is 1. The van der Waals surface area contributed by atoms with Crippen LogP contribution in [0.25, 0.3) is 6.08 Å². The second kappa shape index (κ2) is 8.30. The summed E-state index contributed by atoms with van der Waals surface area (Å²) in [7, 11) is 1.51. The van der Waals surface area contributed by atoms with Gasteiger partial charge in [0.2, 0.25) is 0 Å². The number of benzene rings is 1. The van der Waals surface area contributed by atoms with Gasteiger partial charge in [-0.25, -0.2) is 4.79 Å². The molecule has 0 aliphatic carbocycles. The molecule has 0 radical (unpaired) electrons. The van der Waals surface area contributed by atoms with E-state index < -0.39 is 17.8 Å². The fraction of sp³-hybridized carbons (Fsp3) is 0.211. The molecule has 9 heteroatoms. The Balaban J connectivity index is 1.96. The maximum atomic E-state index is 12.8. The summed E-state index contributed by atoms with van der Waals surface area (Å²) in [6, 6.07) is 5.81. The van der Waals surface area contributed by atoms with E-state index in [0.29, 0.717) is 33.9 Å². The van der Waals surface area contributed by atoms with Crippen LogP contribution in [0.2, 0.25) is 0 Å². The van der Waals surface area contributed by atoms with Crippen LogP contribution >= 0.6 is 15.9 Å². The van der Waals surface area contributed by atoms with Crippen LogP contribution < -0.4 is 14.8 Å². The van der Waals surface area contributed by atoms with Gasteiger partial charge in [-0.05, 0) is 58.8 Å². The van der Waals surface area contributed by atoms with Gasteiger partial charge in [0.05, 0.1) is 31.0 Å². The van der Waals surface area contributed by atoms with Crippen LogP contribution in [-0.2, 0) is 16.1 Å². The topological polar surface area (TPSA) is 98.1 Å². The number of urea groups is 1. The predicted octanol–water partition coefficient (Wildman–Crippen LogP) is 3.11. The first-order valence-electron chi connectivity index (χ1n) is 8.36. The highest BCUT2D eigenvalue weighted by Gasteiger charge is 2.36. The monoisotopic (exact) mass is 448 g/mol. The summed E-state index contributed by atoms with van der Waals surface area (Å²) in [5.74, 6) is -0.106. The third-order valence-electron chi connectivity index (χ3n) is 3.93. The van der Waals surface area contributed by atoms with Crippen molar-refractivity contribution >= 4 is 39.9 Å². The Morgan fingerprint density at radius 2 is 2.07 bits per heavy atom. The van der Waals surface area contributed by atoms with Gasteiger partial charge in [0.25, 0.3) is 11.8 Å². The van der Waals surface area contributed by atoms with Gasteiger partial charge in [-0.2, -0.15) is 0 Å². The first kappa shape index (κ1) is 19.7. The Kier molecular flexibility index (Phi) is 5.84. The van der Waals surface area contributed by atoms with Crippen molar-refractivity contribution in [3.8, 4) is 11.5 Å². The first-order valence-corrected chi connectivity index (χ1v) is 9.15. The van der Waals surface area contributed by atoms with Crippen LogP contribution in [0.15, 0.2) is 45.0 Å². The van der Waals surface area contributed by atoms with E-state index in [9.17, 15) is 14.4 Å². The number of nitrogens with one attached hydrogen (secondary N) is 1. The van der Waals surface area contributed by atoms with Crippen molar-refractivity contribution in [3.63, 3.8) is 0 Å². The smallest absolute Gasteiger partial charge is 0.331 e. The third kappa shape index (κ3) is 3.94. The number of carbonyl (C=O) groups is 3. The van der Waals surface area contributed by atoms with E-state index in [1.54, 1.807) is 24.3 Å². The molecule has 0 spiro atoms.